The van der Waals surface area contributed by atoms with E-state index in [0.29, 0.717) is 54.8 Å². The fraction of sp³-hybridized carbons (Fsp3) is 0.542. The Morgan fingerprint density at radius 3 is 2.19 bits per heavy atom. The Morgan fingerprint density at radius 1 is 0.778 bits per heavy atom. The topological polar surface area (TPSA) is 321 Å². The molecule has 23 nitrogen and oxygen atoms in total. The summed E-state index contributed by atoms with van der Waals surface area (Å²) in [4.78, 5) is 126. The summed E-state index contributed by atoms with van der Waals surface area (Å²) in [5.74, 6) is -2.44. The number of ether oxygens (including phenoxy) is 4. The second-order valence-electron chi connectivity index (χ2n) is 16.7. The number of urea groups is 1. The first-order valence-corrected chi connectivity index (χ1v) is 25.0. The van der Waals surface area contributed by atoms with Crippen LogP contribution in [-0.4, -0.2) is 141 Å². The standard InChI is InChI=1S/C48H69N9O14S/c1-5-21-52-42(61)33-14-18-35(19-15-33)71-48(67)69-27-26-68-25-23-51-38(58)20-28-72-37-29-40(60)57(45(37)64)24-8-6-7-11-39(59)56-41(31(2)3)44(63)55-36(10-9-22-53-46(49)65)43(62)54-34-16-12-32(13-17-34)30-70-47(66)50-4/h12-19,31,36-37,41H,5-11,20-30H2,1-4H3,(H,50,66)(H,51,58)(H,52,61)(H,54,62)(H,55,63)(H,56,59)(H3,49,53,65)/t36-,37?,41?/m0/s1. The van der Waals surface area contributed by atoms with E-state index >= 15 is 0 Å². The van der Waals surface area contributed by atoms with Gasteiger partial charge in [0.2, 0.25) is 35.4 Å². The molecule has 396 valence electrons. The lowest BCUT2D eigenvalue weighted by molar-refractivity contribution is -0.138. The van der Waals surface area contributed by atoms with Crippen molar-refractivity contribution in [2.75, 3.05) is 64.1 Å². The number of imide groups is 1. The molecule has 72 heavy (non-hydrogen) atoms. The Hall–Kier alpha value is -6.95. The van der Waals surface area contributed by atoms with Crippen molar-refractivity contribution in [1.82, 2.24) is 36.8 Å². The predicted octanol–water partition coefficient (Wildman–Crippen LogP) is 2.85. The molecule has 10 amide bonds. The van der Waals surface area contributed by atoms with Crippen molar-refractivity contribution < 1.29 is 66.9 Å². The number of unbranched alkanes of at least 4 members (excludes halogenated alkanes) is 2. The Morgan fingerprint density at radius 2 is 1.51 bits per heavy atom. The average Bonchev–Trinajstić information content (AvgIpc) is 3.62. The van der Waals surface area contributed by atoms with E-state index < -0.39 is 53.3 Å². The number of nitrogens with one attached hydrogen (secondary N) is 7. The first kappa shape index (κ1) is 59.4. The second-order valence-corrected chi connectivity index (χ2v) is 18.1. The third-order valence-corrected chi connectivity index (χ3v) is 11.9. The van der Waals surface area contributed by atoms with Crippen LogP contribution in [0.5, 0.6) is 5.75 Å². The molecule has 1 aliphatic rings. The fourth-order valence-electron chi connectivity index (χ4n) is 6.79. The summed E-state index contributed by atoms with van der Waals surface area (Å²) >= 11 is 1.23. The normalized spacial score (nSPS) is 13.8. The Labute approximate surface area is 423 Å². The van der Waals surface area contributed by atoms with E-state index in [1.165, 1.54) is 48.0 Å². The highest BCUT2D eigenvalue weighted by Crippen LogP contribution is 2.26. The number of nitrogens with two attached hydrogens (primary N) is 1. The van der Waals surface area contributed by atoms with Gasteiger partial charge in [0, 0.05) is 69.5 Å². The zero-order valence-electron chi connectivity index (χ0n) is 41.3. The maximum Gasteiger partial charge on any atom is 0.513 e. The van der Waals surface area contributed by atoms with Crippen LogP contribution in [0.2, 0.25) is 0 Å². The molecule has 0 spiro atoms. The number of amides is 10. The van der Waals surface area contributed by atoms with Gasteiger partial charge >= 0.3 is 18.3 Å². The minimum Gasteiger partial charge on any atom is -0.445 e. The van der Waals surface area contributed by atoms with Gasteiger partial charge in [0.1, 0.15) is 31.0 Å². The third kappa shape index (κ3) is 22.9. The maximum atomic E-state index is 13.5. The lowest BCUT2D eigenvalue weighted by Crippen LogP contribution is -2.54. The molecule has 2 unspecified atom stereocenters. The van der Waals surface area contributed by atoms with E-state index in [1.807, 2.05) is 6.92 Å². The molecule has 0 aliphatic carbocycles. The number of benzene rings is 2. The number of anilines is 1. The van der Waals surface area contributed by atoms with Crippen LogP contribution in [0.15, 0.2) is 48.5 Å². The molecule has 24 heteroatoms. The minimum absolute atomic E-state index is 0.0167. The van der Waals surface area contributed by atoms with E-state index in [1.54, 1.807) is 38.1 Å². The van der Waals surface area contributed by atoms with Crippen molar-refractivity contribution >= 4 is 77.1 Å². The van der Waals surface area contributed by atoms with Crippen LogP contribution in [0.3, 0.4) is 0 Å². The van der Waals surface area contributed by atoms with Crippen molar-refractivity contribution in [1.29, 1.82) is 0 Å². The highest BCUT2D eigenvalue weighted by Gasteiger charge is 2.38. The molecule has 3 atom stereocenters. The molecule has 0 saturated carbocycles. The lowest BCUT2D eigenvalue weighted by atomic mass is 10.0. The van der Waals surface area contributed by atoms with Crippen LogP contribution >= 0.6 is 11.8 Å². The summed E-state index contributed by atoms with van der Waals surface area (Å²) in [7, 11) is 1.44. The fourth-order valence-corrected chi connectivity index (χ4v) is 7.90. The van der Waals surface area contributed by atoms with Crippen molar-refractivity contribution in [3.05, 3.63) is 59.7 Å². The third-order valence-electron chi connectivity index (χ3n) is 10.7. The van der Waals surface area contributed by atoms with Crippen LogP contribution in [0, 0.1) is 5.92 Å². The smallest absolute Gasteiger partial charge is 0.445 e. The van der Waals surface area contributed by atoms with Gasteiger partial charge in [-0.2, -0.15) is 0 Å². The van der Waals surface area contributed by atoms with Crippen LogP contribution in [0.1, 0.15) is 94.5 Å². The zero-order valence-corrected chi connectivity index (χ0v) is 42.1. The van der Waals surface area contributed by atoms with Crippen molar-refractivity contribution in [2.24, 2.45) is 11.7 Å². The molecule has 1 aliphatic heterocycles. The van der Waals surface area contributed by atoms with E-state index in [4.69, 9.17) is 24.7 Å². The SMILES string of the molecule is CCCNC(=O)c1ccc(OC(=O)OCCOCCNC(=O)CCSC2CC(=O)N(CCCCCC(=O)NC(C(=O)N[C@@H](CCCNC(N)=O)C(=O)Nc3ccc(COC(=O)NC)cc3)C(C)C)C2=O)cc1. The van der Waals surface area contributed by atoms with Gasteiger partial charge in [0.05, 0.1) is 18.5 Å². The molecule has 0 bridgehead atoms. The molecule has 2 aromatic rings. The monoisotopic (exact) mass is 1030 g/mol. The molecule has 1 fully saturated rings. The Kier molecular flexibility index (Phi) is 27.1. The number of carbonyl (C=O) groups excluding carboxylic acids is 10. The maximum absolute atomic E-state index is 13.5. The van der Waals surface area contributed by atoms with Gasteiger partial charge in [0.15, 0.2) is 0 Å². The zero-order chi connectivity index (χ0) is 52.8. The molecule has 9 N–H and O–H groups in total. The van der Waals surface area contributed by atoms with E-state index in [2.05, 4.69) is 37.2 Å². The number of nitrogens with zero attached hydrogens (tertiary/aromatic N) is 1. The van der Waals surface area contributed by atoms with Gasteiger partial charge < -0.3 is 61.9 Å². The number of hydrogen-bond acceptors (Lipinski definition) is 15. The molecule has 0 aromatic heterocycles. The Bertz CT molecular complexity index is 2130. The molecule has 1 saturated heterocycles. The number of thioether (sulfide) groups is 1. The van der Waals surface area contributed by atoms with Crippen molar-refractivity contribution in [3.63, 3.8) is 0 Å². The summed E-state index contributed by atoms with van der Waals surface area (Å²) in [6, 6.07) is 9.84. The molecular formula is C48H69N9O14S. The summed E-state index contributed by atoms with van der Waals surface area (Å²) in [5.41, 5.74) is 6.70. The van der Waals surface area contributed by atoms with Gasteiger partial charge in [-0.25, -0.2) is 14.4 Å². The summed E-state index contributed by atoms with van der Waals surface area (Å²) in [6.45, 7) is 6.70. The summed E-state index contributed by atoms with van der Waals surface area (Å²) in [6.07, 6.45) is 1.33. The average molecular weight is 1030 g/mol. The largest absolute Gasteiger partial charge is 0.513 e. The van der Waals surface area contributed by atoms with Crippen molar-refractivity contribution in [3.8, 4) is 5.75 Å². The van der Waals surface area contributed by atoms with Crippen LogP contribution in [0.4, 0.5) is 20.1 Å². The quantitative estimate of drug-likeness (QED) is 0.0226. The summed E-state index contributed by atoms with van der Waals surface area (Å²) in [5, 5.41) is 17.9. The number of hydrogen-bond donors (Lipinski definition) is 8. The van der Waals surface area contributed by atoms with Gasteiger partial charge in [-0.05, 0) is 80.0 Å². The second kappa shape index (κ2) is 32.8. The van der Waals surface area contributed by atoms with Crippen LogP contribution < -0.4 is 47.7 Å². The van der Waals surface area contributed by atoms with Crippen molar-refractivity contribution in [2.45, 2.75) is 102 Å². The van der Waals surface area contributed by atoms with Gasteiger partial charge in [-0.15, -0.1) is 11.8 Å². The number of likely N-dealkylation sites (tertiary alicyclic amines) is 1. The highest BCUT2D eigenvalue weighted by molar-refractivity contribution is 8.00. The van der Waals surface area contributed by atoms with Gasteiger partial charge in [-0.3, -0.25) is 38.5 Å². The van der Waals surface area contributed by atoms with Gasteiger partial charge in [0.25, 0.3) is 5.91 Å². The lowest BCUT2D eigenvalue weighted by Gasteiger charge is -2.25. The minimum atomic E-state index is -1.04. The van der Waals surface area contributed by atoms with E-state index in [-0.39, 0.29) is 107 Å². The van der Waals surface area contributed by atoms with Crippen LogP contribution in [-0.2, 0) is 49.6 Å². The highest BCUT2D eigenvalue weighted by atomic mass is 32.2. The molecule has 0 radical (unpaired) electrons. The number of carbonyl (C=O) groups is 10. The molecule has 3 rings (SSSR count). The van der Waals surface area contributed by atoms with E-state index in [0.717, 1.165) is 6.42 Å². The first-order valence-electron chi connectivity index (χ1n) is 23.9. The molecule has 1 heterocycles. The van der Waals surface area contributed by atoms with E-state index in [9.17, 15) is 47.9 Å². The number of rotatable bonds is 32. The number of primary amides is 1. The molecular weight excluding hydrogens is 959 g/mol. The summed E-state index contributed by atoms with van der Waals surface area (Å²) < 4.78 is 20.5. The Balaban J connectivity index is 1.30. The van der Waals surface area contributed by atoms with Gasteiger partial charge in [-0.1, -0.05) is 39.3 Å². The first-order chi connectivity index (χ1) is 34.5. The van der Waals surface area contributed by atoms with Crippen LogP contribution in [0.25, 0.3) is 0 Å². The predicted molar refractivity (Wildman–Crippen MR) is 265 cm³/mol. The number of alkyl carbamates (subject to hydrolysis) is 1. The molecule has 2 aromatic carbocycles.